The van der Waals surface area contributed by atoms with Gasteiger partial charge in [-0.2, -0.15) is 5.10 Å². The Labute approximate surface area is 217 Å². The fourth-order valence-electron chi connectivity index (χ4n) is 4.62. The molecule has 3 aromatic carbocycles. The maximum Gasteiger partial charge on any atom is 0.246 e. The van der Waals surface area contributed by atoms with Gasteiger partial charge in [-0.3, -0.25) is 9.59 Å². The Balaban J connectivity index is 1.20. The maximum absolute atomic E-state index is 13.0. The van der Waals surface area contributed by atoms with E-state index in [9.17, 15) is 9.59 Å². The molecule has 0 spiro atoms. The molecule has 6 nitrogen and oxygen atoms in total. The standard InChI is InChI=1S/C31H30N4O2/c36-29(17-16-24-10-4-1-5-11-24)34-20-18-26(19-21-34)31(37)32-22-27-23-35(28-14-8-3-9-15-28)33-30(27)25-12-6-2-7-13-25/h1-17,23,26H,18-22H2,(H,32,37)/b17-16+. The van der Waals surface area contributed by atoms with Crippen molar-refractivity contribution in [1.82, 2.24) is 20.0 Å². The molecule has 0 saturated carbocycles. The molecule has 0 atom stereocenters. The molecule has 2 heterocycles. The van der Waals surface area contributed by atoms with E-state index in [1.54, 1.807) is 6.08 Å². The number of rotatable bonds is 7. The van der Waals surface area contributed by atoms with Crippen LogP contribution in [-0.4, -0.2) is 39.6 Å². The number of carbonyl (C=O) groups is 2. The van der Waals surface area contributed by atoms with Crippen LogP contribution in [0.15, 0.2) is 103 Å². The molecule has 0 aliphatic carbocycles. The fourth-order valence-corrected chi connectivity index (χ4v) is 4.62. The third-order valence-corrected chi connectivity index (χ3v) is 6.71. The van der Waals surface area contributed by atoms with E-state index in [-0.39, 0.29) is 17.7 Å². The average Bonchev–Trinajstić information content (AvgIpc) is 3.40. The highest BCUT2D eigenvalue weighted by Crippen LogP contribution is 2.24. The fraction of sp³-hybridized carbons (Fsp3) is 0.194. The van der Waals surface area contributed by atoms with Crippen LogP contribution in [0.2, 0.25) is 0 Å². The topological polar surface area (TPSA) is 67.2 Å². The predicted molar refractivity (Wildman–Crippen MR) is 146 cm³/mol. The van der Waals surface area contributed by atoms with Gasteiger partial charge in [0.05, 0.1) is 11.4 Å². The van der Waals surface area contributed by atoms with Gasteiger partial charge in [0, 0.05) is 49.0 Å². The zero-order chi connectivity index (χ0) is 25.5. The van der Waals surface area contributed by atoms with Crippen molar-refractivity contribution < 1.29 is 9.59 Å². The van der Waals surface area contributed by atoms with Gasteiger partial charge in [0.1, 0.15) is 0 Å². The average molecular weight is 491 g/mol. The summed E-state index contributed by atoms with van der Waals surface area (Å²) in [4.78, 5) is 27.4. The molecule has 1 N–H and O–H groups in total. The number of likely N-dealkylation sites (tertiary alicyclic amines) is 1. The highest BCUT2D eigenvalue weighted by atomic mass is 16.2. The van der Waals surface area contributed by atoms with Crippen LogP contribution in [0.4, 0.5) is 0 Å². The number of benzene rings is 3. The summed E-state index contributed by atoms with van der Waals surface area (Å²) in [6.07, 6.45) is 6.75. The largest absolute Gasteiger partial charge is 0.352 e. The van der Waals surface area contributed by atoms with Crippen LogP contribution in [0.1, 0.15) is 24.0 Å². The maximum atomic E-state index is 13.0. The van der Waals surface area contributed by atoms with Crippen molar-refractivity contribution in [3.63, 3.8) is 0 Å². The van der Waals surface area contributed by atoms with Crippen molar-refractivity contribution in [3.05, 3.63) is 114 Å². The lowest BCUT2D eigenvalue weighted by molar-refractivity contribution is -0.132. The summed E-state index contributed by atoms with van der Waals surface area (Å²) < 4.78 is 1.86. The number of amides is 2. The number of para-hydroxylation sites is 1. The summed E-state index contributed by atoms with van der Waals surface area (Å²) in [5.74, 6) is -0.0894. The SMILES string of the molecule is O=C(NCc1cn(-c2ccccc2)nc1-c1ccccc1)C1CCN(C(=O)/C=C/c2ccccc2)CC1. The van der Waals surface area contributed by atoms with Gasteiger partial charge in [0.15, 0.2) is 0 Å². The molecule has 6 heteroatoms. The first-order valence-electron chi connectivity index (χ1n) is 12.7. The minimum Gasteiger partial charge on any atom is -0.352 e. The summed E-state index contributed by atoms with van der Waals surface area (Å²) in [5, 5.41) is 7.95. The van der Waals surface area contributed by atoms with Crippen LogP contribution in [0.5, 0.6) is 0 Å². The molecule has 4 aromatic rings. The van der Waals surface area contributed by atoms with Crippen LogP contribution in [0, 0.1) is 5.92 Å². The Morgan fingerprint density at radius 1 is 0.865 bits per heavy atom. The molecule has 1 saturated heterocycles. The van der Waals surface area contributed by atoms with Crippen molar-refractivity contribution >= 4 is 17.9 Å². The minimum absolute atomic E-state index is 0.0106. The van der Waals surface area contributed by atoms with Gasteiger partial charge in [0.25, 0.3) is 0 Å². The number of carbonyl (C=O) groups excluding carboxylic acids is 2. The minimum atomic E-state index is -0.105. The molecule has 1 aliphatic rings. The van der Waals surface area contributed by atoms with E-state index in [2.05, 4.69) is 5.32 Å². The number of aromatic nitrogens is 2. The molecule has 5 rings (SSSR count). The normalized spacial score (nSPS) is 14.1. The Morgan fingerprint density at radius 2 is 1.49 bits per heavy atom. The van der Waals surface area contributed by atoms with Crippen molar-refractivity contribution in [2.45, 2.75) is 19.4 Å². The van der Waals surface area contributed by atoms with E-state index in [1.807, 2.05) is 113 Å². The molecule has 2 amide bonds. The summed E-state index contributed by atoms with van der Waals surface area (Å²) in [6, 6.07) is 29.8. The third kappa shape index (κ3) is 6.04. The second kappa shape index (κ2) is 11.5. The first-order valence-corrected chi connectivity index (χ1v) is 12.7. The van der Waals surface area contributed by atoms with Crippen LogP contribution in [0.3, 0.4) is 0 Å². The van der Waals surface area contributed by atoms with Gasteiger partial charge >= 0.3 is 0 Å². The van der Waals surface area contributed by atoms with Gasteiger partial charge in [-0.15, -0.1) is 0 Å². The monoisotopic (exact) mass is 490 g/mol. The van der Waals surface area contributed by atoms with Crippen molar-refractivity contribution in [1.29, 1.82) is 0 Å². The molecule has 0 unspecified atom stereocenters. The molecule has 0 radical (unpaired) electrons. The van der Waals surface area contributed by atoms with Crippen LogP contribution >= 0.6 is 0 Å². The molecule has 1 aromatic heterocycles. The first kappa shape index (κ1) is 24.3. The molecule has 1 fully saturated rings. The van der Waals surface area contributed by atoms with Gasteiger partial charge in [-0.1, -0.05) is 78.9 Å². The molecule has 1 aliphatic heterocycles. The quantitative estimate of drug-likeness (QED) is 0.366. The number of nitrogens with zero attached hydrogens (tertiary/aromatic N) is 3. The van der Waals surface area contributed by atoms with E-state index in [0.29, 0.717) is 32.5 Å². The number of piperidine rings is 1. The number of nitrogens with one attached hydrogen (secondary N) is 1. The molecule has 0 bridgehead atoms. The predicted octanol–water partition coefficient (Wildman–Crippen LogP) is 5.11. The summed E-state index contributed by atoms with van der Waals surface area (Å²) in [5.41, 5.74) is 4.79. The Morgan fingerprint density at radius 3 is 2.16 bits per heavy atom. The van der Waals surface area contributed by atoms with E-state index >= 15 is 0 Å². The number of hydrogen-bond donors (Lipinski definition) is 1. The Hall–Kier alpha value is -4.45. The van der Waals surface area contributed by atoms with Crippen molar-refractivity contribution in [3.8, 4) is 16.9 Å². The smallest absolute Gasteiger partial charge is 0.246 e. The second-order valence-corrected chi connectivity index (χ2v) is 9.21. The van der Waals surface area contributed by atoms with E-state index < -0.39 is 0 Å². The Kier molecular flexibility index (Phi) is 7.55. The van der Waals surface area contributed by atoms with Gasteiger partial charge < -0.3 is 10.2 Å². The van der Waals surface area contributed by atoms with E-state index in [0.717, 1.165) is 28.1 Å². The van der Waals surface area contributed by atoms with E-state index in [1.165, 1.54) is 0 Å². The zero-order valence-corrected chi connectivity index (χ0v) is 20.7. The van der Waals surface area contributed by atoms with Gasteiger partial charge in [0.2, 0.25) is 11.8 Å². The van der Waals surface area contributed by atoms with Gasteiger partial charge in [-0.25, -0.2) is 4.68 Å². The highest BCUT2D eigenvalue weighted by Gasteiger charge is 2.26. The summed E-state index contributed by atoms with van der Waals surface area (Å²) in [7, 11) is 0. The van der Waals surface area contributed by atoms with Crippen LogP contribution in [-0.2, 0) is 16.1 Å². The summed E-state index contributed by atoms with van der Waals surface area (Å²) in [6.45, 7) is 1.56. The summed E-state index contributed by atoms with van der Waals surface area (Å²) >= 11 is 0. The molecular weight excluding hydrogens is 460 g/mol. The molecule has 186 valence electrons. The van der Waals surface area contributed by atoms with E-state index in [4.69, 9.17) is 5.10 Å². The first-order chi connectivity index (χ1) is 18.2. The van der Waals surface area contributed by atoms with Crippen molar-refractivity contribution in [2.75, 3.05) is 13.1 Å². The lowest BCUT2D eigenvalue weighted by Gasteiger charge is -2.30. The van der Waals surface area contributed by atoms with Gasteiger partial charge in [-0.05, 0) is 36.6 Å². The lowest BCUT2D eigenvalue weighted by atomic mass is 9.95. The lowest BCUT2D eigenvalue weighted by Crippen LogP contribution is -2.42. The third-order valence-electron chi connectivity index (χ3n) is 6.71. The van der Waals surface area contributed by atoms with Crippen LogP contribution in [0.25, 0.3) is 23.0 Å². The Bertz CT molecular complexity index is 1360. The number of hydrogen-bond acceptors (Lipinski definition) is 3. The second-order valence-electron chi connectivity index (χ2n) is 9.21. The zero-order valence-electron chi connectivity index (χ0n) is 20.7. The van der Waals surface area contributed by atoms with Crippen molar-refractivity contribution in [2.24, 2.45) is 5.92 Å². The highest BCUT2D eigenvalue weighted by molar-refractivity contribution is 5.92. The molecular formula is C31H30N4O2. The van der Waals surface area contributed by atoms with Crippen LogP contribution < -0.4 is 5.32 Å². The molecule has 37 heavy (non-hydrogen) atoms.